The number of hydrogen-bond donors (Lipinski definition) is 0. The van der Waals surface area contributed by atoms with Gasteiger partial charge in [0.2, 0.25) is 0 Å². The van der Waals surface area contributed by atoms with Crippen molar-refractivity contribution in [1.82, 2.24) is 9.47 Å². The van der Waals surface area contributed by atoms with E-state index in [1.807, 2.05) is 6.92 Å². The van der Waals surface area contributed by atoms with Crippen molar-refractivity contribution in [3.63, 3.8) is 0 Å². The van der Waals surface area contributed by atoms with Crippen LogP contribution in [0.5, 0.6) is 0 Å². The zero-order valence-electron chi connectivity index (χ0n) is 20.1. The molecule has 0 saturated heterocycles. The lowest BCUT2D eigenvalue weighted by atomic mass is 9.99. The number of amides is 1. The molecule has 2 heterocycles. The van der Waals surface area contributed by atoms with E-state index in [0.717, 1.165) is 6.07 Å². The molecule has 0 fully saturated rings. The molecule has 1 atom stereocenters. The summed E-state index contributed by atoms with van der Waals surface area (Å²) in [6.07, 6.45) is 1.48. The average Bonchev–Trinajstić information content (AvgIpc) is 3.41. The Labute approximate surface area is 198 Å². The first kappa shape index (κ1) is 25.0. The molecule has 3 aromatic rings. The van der Waals surface area contributed by atoms with Crippen molar-refractivity contribution in [2.45, 2.75) is 53.8 Å². The van der Waals surface area contributed by atoms with Gasteiger partial charge in [-0.2, -0.15) is 0 Å². The highest BCUT2D eigenvalue weighted by Crippen LogP contribution is 2.27. The molecule has 0 spiro atoms. The van der Waals surface area contributed by atoms with Gasteiger partial charge >= 0.3 is 5.97 Å². The molecule has 0 aliphatic heterocycles. The van der Waals surface area contributed by atoms with Gasteiger partial charge < -0.3 is 18.6 Å². The van der Waals surface area contributed by atoms with Crippen molar-refractivity contribution in [2.24, 2.45) is 0 Å². The van der Waals surface area contributed by atoms with Gasteiger partial charge in [-0.3, -0.25) is 9.59 Å². The van der Waals surface area contributed by atoms with E-state index in [-0.39, 0.29) is 24.5 Å². The van der Waals surface area contributed by atoms with Crippen molar-refractivity contribution in [3.8, 4) is 0 Å². The summed E-state index contributed by atoms with van der Waals surface area (Å²) in [5.41, 5.74) is 1.94. The summed E-state index contributed by atoms with van der Waals surface area (Å²) in [5.74, 6) is -1.40. The van der Waals surface area contributed by atoms with Gasteiger partial charge in [0, 0.05) is 23.4 Å². The fraction of sp³-hybridized carbons (Fsp3) is 0.346. The van der Waals surface area contributed by atoms with Crippen LogP contribution in [0.4, 0.5) is 4.39 Å². The Bertz CT molecular complexity index is 1200. The monoisotopic (exact) mass is 468 g/mol. The fourth-order valence-electron chi connectivity index (χ4n) is 4.21. The summed E-state index contributed by atoms with van der Waals surface area (Å²) in [6.45, 7) is 9.40. The number of carbonyl (C=O) groups excluding carboxylic acids is 3. The third-order valence-electron chi connectivity index (χ3n) is 5.88. The Kier molecular flexibility index (Phi) is 7.71. The largest absolute Gasteiger partial charge is 0.467 e. The van der Waals surface area contributed by atoms with Crippen LogP contribution in [0, 0.1) is 19.7 Å². The van der Waals surface area contributed by atoms with Crippen LogP contribution in [-0.2, 0) is 17.8 Å². The van der Waals surface area contributed by atoms with Gasteiger partial charge in [-0.1, -0.05) is 6.07 Å². The van der Waals surface area contributed by atoms with E-state index in [1.165, 1.54) is 29.4 Å². The van der Waals surface area contributed by atoms with E-state index in [0.29, 0.717) is 34.8 Å². The van der Waals surface area contributed by atoms with Gasteiger partial charge in [-0.05, 0) is 70.5 Å². The number of ketones is 1. The van der Waals surface area contributed by atoms with Gasteiger partial charge in [-0.15, -0.1) is 0 Å². The van der Waals surface area contributed by atoms with Crippen LogP contribution in [0.2, 0.25) is 0 Å². The standard InChI is InChI=1S/C26H29FN2O5/c1-6-28-17(4)22(16(3)23(28)26(32)33-7-2)24(30)18(5)29(15-21-12-9-13-34-21)25(31)19-10-8-11-20(27)14-19/h8-14,18H,6-7,15H2,1-5H3. The molecule has 1 unspecified atom stereocenters. The highest BCUT2D eigenvalue weighted by molar-refractivity contribution is 6.07. The van der Waals surface area contributed by atoms with Crippen molar-refractivity contribution >= 4 is 17.7 Å². The van der Waals surface area contributed by atoms with Crippen molar-refractivity contribution in [3.05, 3.63) is 82.3 Å². The number of Topliss-reactive ketones (excluding diaryl/α,β-unsaturated/α-hetero) is 1. The van der Waals surface area contributed by atoms with E-state index in [2.05, 4.69) is 0 Å². The minimum absolute atomic E-state index is 0.0204. The maximum atomic E-state index is 13.8. The molecule has 1 amide bonds. The molecule has 8 heteroatoms. The predicted octanol–water partition coefficient (Wildman–Crippen LogP) is 4.95. The van der Waals surface area contributed by atoms with Gasteiger partial charge in [0.1, 0.15) is 17.3 Å². The molecule has 0 radical (unpaired) electrons. The molecular weight excluding hydrogens is 439 g/mol. The Morgan fingerprint density at radius 3 is 2.47 bits per heavy atom. The molecule has 180 valence electrons. The summed E-state index contributed by atoms with van der Waals surface area (Å²) < 4.78 is 26.2. The first-order valence-electron chi connectivity index (χ1n) is 11.2. The lowest BCUT2D eigenvalue weighted by Crippen LogP contribution is -2.43. The third kappa shape index (κ3) is 4.81. The molecular formula is C26H29FN2O5. The smallest absolute Gasteiger partial charge is 0.355 e. The predicted molar refractivity (Wildman–Crippen MR) is 124 cm³/mol. The Morgan fingerprint density at radius 1 is 1.15 bits per heavy atom. The summed E-state index contributed by atoms with van der Waals surface area (Å²) in [4.78, 5) is 41.1. The first-order valence-corrected chi connectivity index (χ1v) is 11.2. The highest BCUT2D eigenvalue weighted by atomic mass is 19.1. The van der Waals surface area contributed by atoms with Crippen LogP contribution in [0.1, 0.15) is 69.0 Å². The zero-order valence-corrected chi connectivity index (χ0v) is 20.1. The number of furan rings is 1. The Morgan fingerprint density at radius 2 is 1.88 bits per heavy atom. The van der Waals surface area contributed by atoms with E-state index in [1.54, 1.807) is 44.4 Å². The maximum Gasteiger partial charge on any atom is 0.355 e. The third-order valence-corrected chi connectivity index (χ3v) is 5.88. The van der Waals surface area contributed by atoms with Crippen LogP contribution in [-0.4, -0.2) is 39.8 Å². The number of halogens is 1. The molecule has 0 N–H and O–H groups in total. The van der Waals surface area contributed by atoms with Crippen molar-refractivity contribution in [2.75, 3.05) is 6.61 Å². The summed E-state index contributed by atoms with van der Waals surface area (Å²) in [5, 5.41) is 0. The molecule has 34 heavy (non-hydrogen) atoms. The molecule has 0 saturated carbocycles. The van der Waals surface area contributed by atoms with E-state index in [4.69, 9.17) is 9.15 Å². The zero-order chi connectivity index (χ0) is 25.0. The number of benzene rings is 1. The van der Waals surface area contributed by atoms with Gasteiger partial charge in [0.25, 0.3) is 5.91 Å². The Balaban J connectivity index is 2.04. The quantitative estimate of drug-likeness (QED) is 0.328. The minimum Gasteiger partial charge on any atom is -0.467 e. The second kappa shape index (κ2) is 10.5. The number of rotatable bonds is 9. The Hall–Kier alpha value is -3.68. The molecule has 2 aromatic heterocycles. The van der Waals surface area contributed by atoms with Gasteiger partial charge in [0.15, 0.2) is 5.78 Å². The normalized spacial score (nSPS) is 11.8. The number of aromatic nitrogens is 1. The SMILES string of the molecule is CCOC(=O)c1c(C)c(C(=O)C(C)N(Cc2ccco2)C(=O)c2cccc(F)c2)c(C)n1CC. The maximum absolute atomic E-state index is 13.8. The van der Waals surface area contributed by atoms with Crippen LogP contribution in [0.3, 0.4) is 0 Å². The second-order valence-electron chi connectivity index (χ2n) is 7.96. The van der Waals surface area contributed by atoms with Gasteiger partial charge in [-0.25, -0.2) is 9.18 Å². The summed E-state index contributed by atoms with van der Waals surface area (Å²) in [7, 11) is 0. The average molecular weight is 469 g/mol. The molecule has 7 nitrogen and oxygen atoms in total. The summed E-state index contributed by atoms with van der Waals surface area (Å²) in [6, 6.07) is 7.81. The van der Waals surface area contributed by atoms with Crippen LogP contribution in [0.25, 0.3) is 0 Å². The number of carbonyl (C=O) groups is 3. The minimum atomic E-state index is -0.916. The molecule has 3 rings (SSSR count). The van der Waals surface area contributed by atoms with Crippen LogP contribution >= 0.6 is 0 Å². The van der Waals surface area contributed by atoms with E-state index < -0.39 is 23.7 Å². The van der Waals surface area contributed by atoms with E-state index >= 15 is 0 Å². The number of nitrogens with zero attached hydrogens (tertiary/aromatic N) is 2. The lowest BCUT2D eigenvalue weighted by Gasteiger charge is -2.28. The highest BCUT2D eigenvalue weighted by Gasteiger charge is 2.33. The van der Waals surface area contributed by atoms with Crippen molar-refractivity contribution in [1.29, 1.82) is 0 Å². The number of esters is 1. The molecule has 0 aliphatic rings. The number of ether oxygens (including phenoxy) is 1. The molecule has 0 aliphatic carbocycles. The number of hydrogen-bond acceptors (Lipinski definition) is 5. The second-order valence-corrected chi connectivity index (χ2v) is 7.96. The molecule has 1 aromatic carbocycles. The molecule has 0 bridgehead atoms. The van der Waals surface area contributed by atoms with Crippen molar-refractivity contribution < 1.29 is 27.9 Å². The van der Waals surface area contributed by atoms with Crippen LogP contribution in [0.15, 0.2) is 47.1 Å². The fourth-order valence-corrected chi connectivity index (χ4v) is 4.21. The topological polar surface area (TPSA) is 81.8 Å². The van der Waals surface area contributed by atoms with E-state index in [9.17, 15) is 18.8 Å². The summed E-state index contributed by atoms with van der Waals surface area (Å²) >= 11 is 0. The first-order chi connectivity index (χ1) is 16.2. The van der Waals surface area contributed by atoms with Gasteiger partial charge in [0.05, 0.1) is 25.5 Å². The van der Waals surface area contributed by atoms with Crippen LogP contribution < -0.4 is 0 Å². The lowest BCUT2D eigenvalue weighted by molar-refractivity contribution is 0.0512.